The van der Waals surface area contributed by atoms with Gasteiger partial charge in [0.05, 0.1) is 15.5 Å². The molecule has 0 saturated heterocycles. The minimum absolute atomic E-state index is 0.156. The Labute approximate surface area is 71.6 Å². The highest BCUT2D eigenvalue weighted by Crippen LogP contribution is 2.36. The van der Waals surface area contributed by atoms with Gasteiger partial charge >= 0.3 is 0 Å². The predicted octanol–water partition coefficient (Wildman–Crippen LogP) is 1.85. The smallest absolute Gasteiger partial charge is 0.184 e. The molecule has 0 fully saturated rings. The summed E-state index contributed by atoms with van der Waals surface area (Å²) in [6.07, 6.45) is 0.789. The molecule has 1 aliphatic rings. The number of thiophene rings is 1. The molecule has 4 heteroatoms. The first kappa shape index (κ1) is 7.06. The first-order chi connectivity index (χ1) is 5.31. The lowest BCUT2D eigenvalue weighted by Gasteiger charge is -1.80. The number of carbonyl (C=O) groups excluding carboxylic acids is 2. The van der Waals surface area contributed by atoms with Gasteiger partial charge in [-0.25, -0.2) is 0 Å². The number of hydrogen-bond donors (Lipinski definition) is 0. The third-order valence-electron chi connectivity index (χ3n) is 1.45. The SMILES string of the molecule is O=Cc1cc2c(s1)C(=O)CS2. The maximum Gasteiger partial charge on any atom is 0.184 e. The zero-order valence-electron chi connectivity index (χ0n) is 5.49. The quantitative estimate of drug-likeness (QED) is 0.625. The summed E-state index contributed by atoms with van der Waals surface area (Å²) in [5.41, 5.74) is 0. The van der Waals surface area contributed by atoms with Gasteiger partial charge in [-0.15, -0.1) is 23.1 Å². The standard InChI is InChI=1S/C7H4O2S2/c8-2-4-1-6-7(11-4)5(9)3-10-6/h1-2H,3H2. The van der Waals surface area contributed by atoms with Crippen LogP contribution in [0, 0.1) is 0 Å². The molecule has 0 atom stereocenters. The molecule has 2 heterocycles. The number of carbonyl (C=O) groups is 2. The van der Waals surface area contributed by atoms with Crippen molar-refractivity contribution in [3.63, 3.8) is 0 Å². The average molecular weight is 184 g/mol. The van der Waals surface area contributed by atoms with Gasteiger partial charge in [-0.3, -0.25) is 9.59 Å². The normalized spacial score (nSPS) is 15.1. The van der Waals surface area contributed by atoms with Crippen molar-refractivity contribution in [2.24, 2.45) is 0 Å². The van der Waals surface area contributed by atoms with Crippen LogP contribution in [0.4, 0.5) is 0 Å². The van der Waals surface area contributed by atoms with Gasteiger partial charge < -0.3 is 0 Å². The Bertz CT molecular complexity index is 327. The fourth-order valence-electron chi connectivity index (χ4n) is 0.961. The molecule has 56 valence electrons. The summed E-state index contributed by atoms with van der Waals surface area (Å²) in [6, 6.07) is 1.78. The first-order valence-electron chi connectivity index (χ1n) is 3.06. The molecule has 0 N–H and O–H groups in total. The van der Waals surface area contributed by atoms with Crippen molar-refractivity contribution in [3.8, 4) is 0 Å². The fourth-order valence-corrected chi connectivity index (χ4v) is 3.12. The molecule has 2 rings (SSSR count). The third kappa shape index (κ3) is 1.02. The van der Waals surface area contributed by atoms with Crippen LogP contribution in [0.5, 0.6) is 0 Å². The van der Waals surface area contributed by atoms with Crippen LogP contribution in [0.3, 0.4) is 0 Å². The Morgan fingerprint density at radius 2 is 2.36 bits per heavy atom. The van der Waals surface area contributed by atoms with E-state index < -0.39 is 0 Å². The fraction of sp³-hybridized carbons (Fsp3) is 0.143. The van der Waals surface area contributed by atoms with Gasteiger partial charge in [0, 0.05) is 4.90 Å². The van der Waals surface area contributed by atoms with Crippen molar-refractivity contribution in [2.75, 3.05) is 5.75 Å². The summed E-state index contributed by atoms with van der Waals surface area (Å²) in [6.45, 7) is 0. The minimum Gasteiger partial charge on any atom is -0.297 e. The Kier molecular flexibility index (Phi) is 1.58. The van der Waals surface area contributed by atoms with E-state index in [0.29, 0.717) is 10.6 Å². The number of Topliss-reactive ketones (excluding diaryl/α,β-unsaturated/α-hetero) is 1. The second-order valence-corrected chi connectivity index (χ2v) is 4.27. The van der Waals surface area contributed by atoms with E-state index in [-0.39, 0.29) is 5.78 Å². The van der Waals surface area contributed by atoms with Gasteiger partial charge in [-0.05, 0) is 6.07 Å². The topological polar surface area (TPSA) is 34.1 Å². The van der Waals surface area contributed by atoms with Gasteiger partial charge in [0.2, 0.25) is 0 Å². The van der Waals surface area contributed by atoms with E-state index in [1.165, 1.54) is 23.1 Å². The van der Waals surface area contributed by atoms with Gasteiger partial charge in [-0.2, -0.15) is 0 Å². The van der Waals surface area contributed by atoms with Crippen molar-refractivity contribution >= 4 is 35.2 Å². The molecule has 0 aliphatic carbocycles. The number of rotatable bonds is 1. The second-order valence-electron chi connectivity index (χ2n) is 2.17. The molecule has 0 radical (unpaired) electrons. The van der Waals surface area contributed by atoms with Crippen molar-refractivity contribution in [2.45, 2.75) is 4.90 Å². The highest BCUT2D eigenvalue weighted by atomic mass is 32.2. The molecular weight excluding hydrogens is 180 g/mol. The number of ketones is 1. The molecule has 2 nitrogen and oxygen atoms in total. The van der Waals surface area contributed by atoms with E-state index in [0.717, 1.165) is 16.1 Å². The summed E-state index contributed by atoms with van der Waals surface area (Å²) in [4.78, 5) is 23.8. The average Bonchev–Trinajstić information content (AvgIpc) is 2.53. The van der Waals surface area contributed by atoms with Crippen LogP contribution < -0.4 is 0 Å². The molecule has 1 aromatic rings. The number of hydrogen-bond acceptors (Lipinski definition) is 4. The number of thioether (sulfide) groups is 1. The maximum absolute atomic E-state index is 11.1. The van der Waals surface area contributed by atoms with E-state index in [2.05, 4.69) is 0 Å². The van der Waals surface area contributed by atoms with E-state index in [9.17, 15) is 9.59 Å². The Morgan fingerprint density at radius 1 is 1.55 bits per heavy atom. The van der Waals surface area contributed by atoms with Crippen molar-refractivity contribution in [3.05, 3.63) is 15.8 Å². The van der Waals surface area contributed by atoms with Crippen LogP contribution in [0.25, 0.3) is 0 Å². The third-order valence-corrected chi connectivity index (χ3v) is 3.72. The van der Waals surface area contributed by atoms with Crippen molar-refractivity contribution < 1.29 is 9.59 Å². The molecular formula is C7H4O2S2. The summed E-state index contributed by atoms with van der Waals surface area (Å²) < 4.78 is 0. The largest absolute Gasteiger partial charge is 0.297 e. The summed E-state index contributed by atoms with van der Waals surface area (Å²) in [5, 5.41) is 0. The van der Waals surface area contributed by atoms with Crippen molar-refractivity contribution in [1.29, 1.82) is 0 Å². The van der Waals surface area contributed by atoms with Gasteiger partial charge in [0.1, 0.15) is 0 Å². The molecule has 0 unspecified atom stereocenters. The van der Waals surface area contributed by atoms with E-state index >= 15 is 0 Å². The van der Waals surface area contributed by atoms with Gasteiger partial charge in [0.25, 0.3) is 0 Å². The molecule has 1 aliphatic heterocycles. The molecule has 0 spiro atoms. The Balaban J connectivity index is 2.54. The van der Waals surface area contributed by atoms with Gasteiger partial charge in [-0.1, -0.05) is 0 Å². The molecule has 0 bridgehead atoms. The second kappa shape index (κ2) is 2.46. The molecule has 1 aromatic heterocycles. The molecule has 0 saturated carbocycles. The van der Waals surface area contributed by atoms with E-state index in [1.54, 1.807) is 6.07 Å². The van der Waals surface area contributed by atoms with Crippen molar-refractivity contribution in [1.82, 2.24) is 0 Å². The zero-order chi connectivity index (χ0) is 7.84. The van der Waals surface area contributed by atoms with Crippen LogP contribution in [0.2, 0.25) is 0 Å². The lowest BCUT2D eigenvalue weighted by atomic mass is 10.3. The van der Waals surface area contributed by atoms with Crippen LogP contribution in [-0.2, 0) is 0 Å². The minimum atomic E-state index is 0.156. The van der Waals surface area contributed by atoms with Crippen LogP contribution in [0.1, 0.15) is 19.3 Å². The van der Waals surface area contributed by atoms with E-state index in [4.69, 9.17) is 0 Å². The predicted molar refractivity (Wildman–Crippen MR) is 44.8 cm³/mol. The molecule has 11 heavy (non-hydrogen) atoms. The van der Waals surface area contributed by atoms with Gasteiger partial charge in [0.15, 0.2) is 12.1 Å². The molecule has 0 amide bonds. The maximum atomic E-state index is 11.1. The van der Waals surface area contributed by atoms with Crippen LogP contribution in [-0.4, -0.2) is 17.8 Å². The van der Waals surface area contributed by atoms with Crippen LogP contribution in [0.15, 0.2) is 11.0 Å². The highest BCUT2D eigenvalue weighted by Gasteiger charge is 2.23. The highest BCUT2D eigenvalue weighted by molar-refractivity contribution is 8.00. The van der Waals surface area contributed by atoms with E-state index in [1.807, 2.05) is 0 Å². The Morgan fingerprint density at radius 3 is 3.00 bits per heavy atom. The number of aldehydes is 1. The monoisotopic (exact) mass is 184 g/mol. The lowest BCUT2D eigenvalue weighted by Crippen LogP contribution is -1.90. The summed E-state index contributed by atoms with van der Waals surface area (Å²) >= 11 is 2.81. The zero-order valence-corrected chi connectivity index (χ0v) is 7.13. The summed E-state index contributed by atoms with van der Waals surface area (Å²) in [7, 11) is 0. The molecule has 0 aromatic carbocycles. The lowest BCUT2D eigenvalue weighted by molar-refractivity contribution is 0.102. The Hall–Kier alpha value is -0.610. The van der Waals surface area contributed by atoms with Crippen LogP contribution >= 0.6 is 23.1 Å². The number of fused-ring (bicyclic) bond motifs is 1. The summed E-state index contributed by atoms with van der Waals surface area (Å²) in [5.74, 6) is 0.698. The first-order valence-corrected chi connectivity index (χ1v) is 4.86.